The van der Waals surface area contributed by atoms with E-state index < -0.39 is 5.91 Å². The van der Waals surface area contributed by atoms with E-state index in [1.54, 1.807) is 49.2 Å². The molecule has 222 valence electrons. The number of benzene rings is 2. The summed E-state index contributed by atoms with van der Waals surface area (Å²) in [5, 5.41) is 15.2. The van der Waals surface area contributed by atoms with Gasteiger partial charge >= 0.3 is 0 Å². The van der Waals surface area contributed by atoms with Gasteiger partial charge in [-0.3, -0.25) is 23.9 Å². The lowest BCUT2D eigenvalue weighted by Gasteiger charge is -2.36. The third-order valence-electron chi connectivity index (χ3n) is 7.03. The van der Waals surface area contributed by atoms with Crippen LogP contribution in [0.3, 0.4) is 0 Å². The first-order valence-electron chi connectivity index (χ1n) is 13.7. The zero-order chi connectivity index (χ0) is 30.9. The number of anilines is 3. The minimum absolute atomic E-state index is 0.0340. The van der Waals surface area contributed by atoms with Gasteiger partial charge in [0, 0.05) is 63.0 Å². The second-order valence-electron chi connectivity index (χ2n) is 9.73. The van der Waals surface area contributed by atoms with Gasteiger partial charge in [-0.05, 0) is 49.4 Å². The molecule has 43 heavy (non-hydrogen) atoms. The zero-order valence-corrected chi connectivity index (χ0v) is 24.8. The van der Waals surface area contributed by atoms with Crippen LogP contribution in [0.2, 0.25) is 0 Å². The number of hydrogen-bond acceptors (Lipinski definition) is 8. The number of amides is 2. The molecule has 0 atom stereocenters. The summed E-state index contributed by atoms with van der Waals surface area (Å²) in [4.78, 5) is 44.4. The Balaban J connectivity index is 1.44. The molecule has 1 fully saturated rings. The number of nitrogens with zero attached hydrogens (tertiary/aromatic N) is 5. The molecule has 1 saturated heterocycles. The van der Waals surface area contributed by atoms with Crippen LogP contribution in [0.1, 0.15) is 6.92 Å². The number of likely N-dealkylation sites (N-methyl/N-ethyl adjacent to an activating group) is 1. The van der Waals surface area contributed by atoms with Crippen molar-refractivity contribution in [3.63, 3.8) is 0 Å². The number of nitriles is 1. The van der Waals surface area contributed by atoms with Crippen LogP contribution < -0.4 is 35.2 Å². The summed E-state index contributed by atoms with van der Waals surface area (Å²) in [6, 6.07) is 15.6. The number of hydrogen-bond donors (Lipinski definition) is 2. The van der Waals surface area contributed by atoms with Crippen LogP contribution in [-0.4, -0.2) is 67.6 Å². The number of aromatic nitrogens is 1. The molecule has 4 rings (SSSR count). The number of terminal acetylenes is 1. The van der Waals surface area contributed by atoms with E-state index in [-0.39, 0.29) is 47.2 Å². The Morgan fingerprint density at radius 2 is 1.88 bits per heavy atom. The lowest BCUT2D eigenvalue weighted by atomic mass is 10.2. The highest BCUT2D eigenvalue weighted by molar-refractivity contribution is 7.07. The van der Waals surface area contributed by atoms with Crippen LogP contribution in [0.15, 0.2) is 53.3 Å². The molecule has 2 amide bonds. The minimum atomic E-state index is -0.640. The van der Waals surface area contributed by atoms with Crippen molar-refractivity contribution in [1.82, 2.24) is 14.8 Å². The van der Waals surface area contributed by atoms with Crippen molar-refractivity contribution in [2.45, 2.75) is 13.5 Å². The Kier molecular flexibility index (Phi) is 10.3. The lowest BCUT2D eigenvalue weighted by Crippen LogP contribution is -2.49. The van der Waals surface area contributed by atoms with Gasteiger partial charge in [-0.15, -0.1) is 17.8 Å². The van der Waals surface area contributed by atoms with Crippen molar-refractivity contribution in [2.24, 2.45) is 0 Å². The van der Waals surface area contributed by atoms with Crippen LogP contribution in [0.5, 0.6) is 0 Å². The van der Waals surface area contributed by atoms with E-state index in [1.165, 1.54) is 22.9 Å². The zero-order valence-electron chi connectivity index (χ0n) is 24.0. The van der Waals surface area contributed by atoms with E-state index >= 15 is 0 Å². The number of thiazole rings is 1. The smallest absolute Gasteiger partial charge is 0.270 e. The van der Waals surface area contributed by atoms with E-state index in [1.807, 2.05) is 12.1 Å². The number of piperazine rings is 1. The molecule has 10 nitrogen and oxygen atoms in total. The Labute approximate surface area is 252 Å². The monoisotopic (exact) mass is 601 g/mol. The van der Waals surface area contributed by atoms with Crippen molar-refractivity contribution in [3.05, 3.63) is 73.9 Å². The van der Waals surface area contributed by atoms with Crippen molar-refractivity contribution in [1.29, 1.82) is 5.26 Å². The number of halogens is 1. The molecule has 0 saturated carbocycles. The highest BCUT2D eigenvalue weighted by Gasteiger charge is 2.21. The number of carbonyl (C=O) groups is 2. The van der Waals surface area contributed by atoms with Gasteiger partial charge in [0.15, 0.2) is 5.57 Å². The molecule has 2 aromatic carbocycles. The number of rotatable bonds is 9. The van der Waals surface area contributed by atoms with Gasteiger partial charge in [0.05, 0.1) is 13.1 Å². The Bertz CT molecular complexity index is 1740. The summed E-state index contributed by atoms with van der Waals surface area (Å²) in [5.74, 6) is 1.32. The maximum Gasteiger partial charge on any atom is 0.270 e. The van der Waals surface area contributed by atoms with Gasteiger partial charge in [0.25, 0.3) is 11.5 Å². The summed E-state index contributed by atoms with van der Waals surface area (Å²) < 4.78 is 15.2. The SMILES string of the molecule is C#CCNC(=O)/C(C#N)=c1\s/c(=C/Nc2cccc(N(C)C(=O)CN3CCN(c4ccc(F)cc4)CC3)c2)c(=O)n1CC. The Morgan fingerprint density at radius 3 is 2.53 bits per heavy atom. The molecule has 0 radical (unpaired) electrons. The predicted molar refractivity (Wildman–Crippen MR) is 167 cm³/mol. The Morgan fingerprint density at radius 1 is 1.16 bits per heavy atom. The first-order chi connectivity index (χ1) is 20.7. The maximum atomic E-state index is 13.2. The van der Waals surface area contributed by atoms with Crippen molar-refractivity contribution in [3.8, 4) is 18.4 Å². The molecule has 0 unspecified atom stereocenters. The standard InChI is InChI=1S/C31H32FN7O3S/c1-4-13-34-29(41)26(19-33)31-39(5-2)30(42)27(43-31)20-35-23-7-6-8-25(18-23)36(3)28(40)21-37-14-16-38(17-15-37)24-11-9-22(32)10-12-24/h1,6-12,18,20,35H,5,13-17,21H2,2-3H3,(H,34,41)/b27-20+,31-26-. The second kappa shape index (κ2) is 14.3. The van der Waals surface area contributed by atoms with E-state index in [2.05, 4.69) is 26.4 Å². The summed E-state index contributed by atoms with van der Waals surface area (Å²) in [7, 11) is 1.72. The van der Waals surface area contributed by atoms with Gasteiger partial charge in [-0.2, -0.15) is 5.26 Å². The number of carbonyl (C=O) groups excluding carboxylic acids is 2. The van der Waals surface area contributed by atoms with Crippen LogP contribution in [0, 0.1) is 29.5 Å². The highest BCUT2D eigenvalue weighted by atomic mass is 32.1. The van der Waals surface area contributed by atoms with E-state index in [0.29, 0.717) is 29.0 Å². The molecule has 2 heterocycles. The fraction of sp³-hybridized carbons (Fsp3) is 0.290. The van der Waals surface area contributed by atoms with Crippen molar-refractivity contribution < 1.29 is 14.0 Å². The normalized spacial score (nSPS) is 14.4. The topological polar surface area (TPSA) is 114 Å². The molecule has 0 spiro atoms. The fourth-order valence-corrected chi connectivity index (χ4v) is 5.70. The van der Waals surface area contributed by atoms with Gasteiger partial charge in [-0.25, -0.2) is 4.39 Å². The third kappa shape index (κ3) is 7.49. The predicted octanol–water partition coefficient (Wildman–Crippen LogP) is 1.13. The molecule has 1 aromatic heterocycles. The molecule has 3 aromatic rings. The average Bonchev–Trinajstić information content (AvgIpc) is 3.34. The minimum Gasteiger partial charge on any atom is -0.369 e. The van der Waals surface area contributed by atoms with Crippen LogP contribution in [0.4, 0.5) is 21.5 Å². The molecular weight excluding hydrogens is 569 g/mol. The van der Waals surface area contributed by atoms with E-state index in [9.17, 15) is 24.0 Å². The van der Waals surface area contributed by atoms with Gasteiger partial charge < -0.3 is 20.4 Å². The largest absolute Gasteiger partial charge is 0.369 e. The summed E-state index contributed by atoms with van der Waals surface area (Å²) in [6.07, 6.45) is 6.72. The second-order valence-corrected chi connectivity index (χ2v) is 10.8. The van der Waals surface area contributed by atoms with E-state index in [4.69, 9.17) is 6.42 Å². The highest BCUT2D eigenvalue weighted by Crippen LogP contribution is 2.20. The summed E-state index contributed by atoms with van der Waals surface area (Å²) in [6.45, 7) is 5.16. The Hall–Kier alpha value is -4.91. The van der Waals surface area contributed by atoms with Crippen LogP contribution >= 0.6 is 11.3 Å². The molecule has 1 aliphatic heterocycles. The van der Waals surface area contributed by atoms with Gasteiger partial charge in [0.1, 0.15) is 21.1 Å². The average molecular weight is 602 g/mol. The van der Waals surface area contributed by atoms with E-state index in [0.717, 1.165) is 30.1 Å². The summed E-state index contributed by atoms with van der Waals surface area (Å²) in [5.41, 5.74) is 1.77. The number of nitrogens with one attached hydrogen (secondary N) is 2. The molecule has 0 aliphatic carbocycles. The maximum absolute atomic E-state index is 13.2. The molecule has 12 heteroatoms. The first kappa shape index (κ1) is 31.0. The van der Waals surface area contributed by atoms with Crippen LogP contribution in [-0.2, 0) is 16.1 Å². The van der Waals surface area contributed by atoms with Crippen molar-refractivity contribution >= 4 is 52.0 Å². The first-order valence-corrected chi connectivity index (χ1v) is 14.5. The quantitative estimate of drug-likeness (QED) is 0.354. The lowest BCUT2D eigenvalue weighted by molar-refractivity contribution is -0.119. The molecule has 2 N–H and O–H groups in total. The third-order valence-corrected chi connectivity index (χ3v) is 8.16. The van der Waals surface area contributed by atoms with Gasteiger partial charge in [0.2, 0.25) is 5.91 Å². The fourth-order valence-electron chi connectivity index (χ4n) is 4.62. The summed E-state index contributed by atoms with van der Waals surface area (Å²) >= 11 is 1.03. The molecule has 1 aliphatic rings. The molecule has 0 bridgehead atoms. The van der Waals surface area contributed by atoms with Crippen LogP contribution in [0.25, 0.3) is 11.8 Å². The van der Waals surface area contributed by atoms with Gasteiger partial charge in [-0.1, -0.05) is 12.0 Å². The molecular formula is C31H32FN7O3S. The van der Waals surface area contributed by atoms with Crippen molar-refractivity contribution in [2.75, 3.05) is 61.4 Å².